The van der Waals surface area contributed by atoms with Crippen molar-refractivity contribution in [1.29, 1.82) is 0 Å². The first-order valence-electron chi connectivity index (χ1n) is 9.11. The second kappa shape index (κ2) is 8.31. The lowest BCUT2D eigenvalue weighted by Crippen LogP contribution is -2.27. The Kier molecular flexibility index (Phi) is 5.87. The molecular formula is C24H28N2. The molecule has 3 aromatic carbocycles. The molecule has 0 saturated carbocycles. The van der Waals surface area contributed by atoms with Crippen molar-refractivity contribution in [2.75, 3.05) is 28.2 Å². The van der Waals surface area contributed by atoms with Gasteiger partial charge in [0.15, 0.2) is 0 Å². The van der Waals surface area contributed by atoms with Gasteiger partial charge in [0.2, 0.25) is 0 Å². The zero-order chi connectivity index (χ0) is 18.5. The van der Waals surface area contributed by atoms with Gasteiger partial charge < -0.3 is 0 Å². The van der Waals surface area contributed by atoms with Crippen LogP contribution in [0.2, 0.25) is 0 Å². The molecule has 0 fully saturated rings. The van der Waals surface area contributed by atoms with Crippen molar-refractivity contribution in [3.8, 4) is 0 Å². The highest BCUT2D eigenvalue weighted by molar-refractivity contribution is 5.43. The van der Waals surface area contributed by atoms with Crippen molar-refractivity contribution in [3.05, 3.63) is 107 Å². The Bertz CT molecular complexity index is 739. The molecule has 3 rings (SSSR count). The first-order valence-corrected chi connectivity index (χ1v) is 9.11. The van der Waals surface area contributed by atoms with E-state index in [1.165, 1.54) is 22.3 Å². The molecule has 26 heavy (non-hydrogen) atoms. The lowest BCUT2D eigenvalue weighted by molar-refractivity contribution is 0.318. The third-order valence-corrected chi connectivity index (χ3v) is 4.85. The van der Waals surface area contributed by atoms with Crippen molar-refractivity contribution in [2.24, 2.45) is 0 Å². The molecule has 0 spiro atoms. The van der Waals surface area contributed by atoms with Crippen LogP contribution in [0.3, 0.4) is 0 Å². The average Bonchev–Trinajstić information content (AvgIpc) is 2.65. The summed E-state index contributed by atoms with van der Waals surface area (Å²) in [5, 5.41) is 0. The smallest absolute Gasteiger partial charge is 0.0600 e. The summed E-state index contributed by atoms with van der Waals surface area (Å²) in [6.07, 6.45) is 0. The fourth-order valence-corrected chi connectivity index (χ4v) is 3.79. The van der Waals surface area contributed by atoms with E-state index in [1.54, 1.807) is 0 Å². The van der Waals surface area contributed by atoms with E-state index in [2.05, 4.69) is 123 Å². The molecule has 0 aliphatic carbocycles. The fourth-order valence-electron chi connectivity index (χ4n) is 3.79. The van der Waals surface area contributed by atoms with Crippen LogP contribution in [0.5, 0.6) is 0 Å². The summed E-state index contributed by atoms with van der Waals surface area (Å²) in [5.74, 6) is 0. The molecular weight excluding hydrogens is 316 g/mol. The monoisotopic (exact) mass is 344 g/mol. The minimum absolute atomic E-state index is 0.221. The normalized spacial score (nSPS) is 13.8. The van der Waals surface area contributed by atoms with Crippen LogP contribution in [0.25, 0.3) is 0 Å². The van der Waals surface area contributed by atoms with Gasteiger partial charge in [0.25, 0.3) is 0 Å². The van der Waals surface area contributed by atoms with Crippen LogP contribution in [0, 0.1) is 0 Å². The zero-order valence-corrected chi connectivity index (χ0v) is 16.1. The zero-order valence-electron chi connectivity index (χ0n) is 16.1. The lowest BCUT2D eigenvalue weighted by Gasteiger charge is -2.32. The number of nitrogens with zero attached hydrogens (tertiary/aromatic N) is 2. The van der Waals surface area contributed by atoms with Crippen LogP contribution in [-0.4, -0.2) is 38.0 Å². The predicted octanol–water partition coefficient (Wildman–Crippen LogP) is 4.99. The van der Waals surface area contributed by atoms with E-state index < -0.39 is 0 Å². The summed E-state index contributed by atoms with van der Waals surface area (Å²) in [5.41, 5.74) is 5.34. The lowest BCUT2D eigenvalue weighted by atomic mass is 9.87. The van der Waals surface area contributed by atoms with E-state index in [0.29, 0.717) is 0 Å². The molecule has 0 saturated heterocycles. The molecule has 0 radical (unpaired) electrons. The largest absolute Gasteiger partial charge is 0.299 e. The van der Waals surface area contributed by atoms with E-state index in [0.717, 1.165) is 0 Å². The molecule has 0 bridgehead atoms. The molecule has 0 aliphatic rings. The number of rotatable bonds is 6. The van der Waals surface area contributed by atoms with Gasteiger partial charge in [0, 0.05) is 0 Å². The highest BCUT2D eigenvalue weighted by Crippen LogP contribution is 2.36. The summed E-state index contributed by atoms with van der Waals surface area (Å²) in [6, 6.07) is 30.8. The van der Waals surface area contributed by atoms with E-state index in [1.807, 2.05) is 0 Å². The van der Waals surface area contributed by atoms with Crippen molar-refractivity contribution in [2.45, 2.75) is 12.1 Å². The molecule has 2 unspecified atom stereocenters. The molecule has 0 aromatic heterocycles. The van der Waals surface area contributed by atoms with E-state index >= 15 is 0 Å². The molecule has 0 amide bonds. The van der Waals surface area contributed by atoms with Crippen LogP contribution in [0.4, 0.5) is 0 Å². The maximum atomic E-state index is 2.30. The second-order valence-corrected chi connectivity index (χ2v) is 7.18. The third kappa shape index (κ3) is 3.87. The van der Waals surface area contributed by atoms with Gasteiger partial charge >= 0.3 is 0 Å². The van der Waals surface area contributed by atoms with Gasteiger partial charge in [0.05, 0.1) is 12.1 Å². The standard InChI is InChI=1S/C24H28N2/c1-25(2)23(19-13-7-5-8-14-19)21-17-11-12-18-22(21)24(26(3)4)20-15-9-6-10-16-20/h5-18,23-24H,1-4H3. The highest BCUT2D eigenvalue weighted by atomic mass is 15.1. The average molecular weight is 345 g/mol. The SMILES string of the molecule is CN(C)C(c1ccccc1)c1ccccc1C(c1ccccc1)N(C)C. The molecule has 134 valence electrons. The van der Waals surface area contributed by atoms with Gasteiger partial charge in [0.1, 0.15) is 0 Å². The minimum atomic E-state index is 0.221. The summed E-state index contributed by atoms with van der Waals surface area (Å²) < 4.78 is 0. The number of hydrogen-bond acceptors (Lipinski definition) is 2. The van der Waals surface area contributed by atoms with Gasteiger partial charge in [-0.15, -0.1) is 0 Å². The molecule has 0 aliphatic heterocycles. The van der Waals surface area contributed by atoms with Crippen molar-refractivity contribution in [3.63, 3.8) is 0 Å². The summed E-state index contributed by atoms with van der Waals surface area (Å²) in [7, 11) is 8.62. The summed E-state index contributed by atoms with van der Waals surface area (Å²) in [4.78, 5) is 4.60. The molecule has 0 heterocycles. The maximum Gasteiger partial charge on any atom is 0.0600 e. The number of benzene rings is 3. The first kappa shape index (κ1) is 18.4. The molecule has 2 atom stereocenters. The van der Waals surface area contributed by atoms with Gasteiger partial charge in [-0.1, -0.05) is 84.9 Å². The van der Waals surface area contributed by atoms with Crippen LogP contribution in [0.1, 0.15) is 34.3 Å². The Morgan fingerprint density at radius 1 is 0.462 bits per heavy atom. The van der Waals surface area contributed by atoms with Crippen LogP contribution in [0.15, 0.2) is 84.9 Å². The molecule has 2 heteroatoms. The van der Waals surface area contributed by atoms with Crippen LogP contribution < -0.4 is 0 Å². The molecule has 3 aromatic rings. The Morgan fingerprint density at radius 3 is 1.08 bits per heavy atom. The van der Waals surface area contributed by atoms with E-state index in [-0.39, 0.29) is 12.1 Å². The van der Waals surface area contributed by atoms with E-state index in [9.17, 15) is 0 Å². The molecule has 0 N–H and O–H groups in total. The topological polar surface area (TPSA) is 6.48 Å². The van der Waals surface area contributed by atoms with Gasteiger partial charge in [-0.3, -0.25) is 9.80 Å². The Labute approximate surface area is 157 Å². The first-order chi connectivity index (χ1) is 12.6. The minimum Gasteiger partial charge on any atom is -0.299 e. The number of hydrogen-bond donors (Lipinski definition) is 0. The van der Waals surface area contributed by atoms with Crippen LogP contribution >= 0.6 is 0 Å². The van der Waals surface area contributed by atoms with Crippen LogP contribution in [-0.2, 0) is 0 Å². The quantitative estimate of drug-likeness (QED) is 0.622. The van der Waals surface area contributed by atoms with E-state index in [4.69, 9.17) is 0 Å². The summed E-state index contributed by atoms with van der Waals surface area (Å²) >= 11 is 0. The van der Waals surface area contributed by atoms with Gasteiger partial charge in [-0.05, 0) is 50.4 Å². The third-order valence-electron chi connectivity index (χ3n) is 4.85. The van der Waals surface area contributed by atoms with Crippen molar-refractivity contribution < 1.29 is 0 Å². The van der Waals surface area contributed by atoms with Crippen molar-refractivity contribution in [1.82, 2.24) is 9.80 Å². The fraction of sp³-hybridized carbons (Fsp3) is 0.250. The maximum absolute atomic E-state index is 2.30. The summed E-state index contributed by atoms with van der Waals surface area (Å²) in [6.45, 7) is 0. The Balaban J connectivity index is 2.15. The van der Waals surface area contributed by atoms with Gasteiger partial charge in [-0.25, -0.2) is 0 Å². The Hall–Kier alpha value is -2.42. The predicted molar refractivity (Wildman–Crippen MR) is 110 cm³/mol. The highest BCUT2D eigenvalue weighted by Gasteiger charge is 2.25. The van der Waals surface area contributed by atoms with Crippen molar-refractivity contribution >= 4 is 0 Å². The van der Waals surface area contributed by atoms with Gasteiger partial charge in [-0.2, -0.15) is 0 Å². The Morgan fingerprint density at radius 2 is 0.769 bits per heavy atom. The second-order valence-electron chi connectivity index (χ2n) is 7.18. The molecule has 2 nitrogen and oxygen atoms in total.